The maximum atomic E-state index is 12.9. The number of amides is 1. The molecule has 1 atom stereocenters. The number of rotatable bonds is 7. The summed E-state index contributed by atoms with van der Waals surface area (Å²) in [7, 11) is 0. The van der Waals surface area contributed by atoms with E-state index in [4.69, 9.17) is 11.6 Å². The fourth-order valence-electron chi connectivity index (χ4n) is 2.76. The molecule has 0 unspecified atom stereocenters. The average Bonchev–Trinajstić information content (AvgIpc) is 2.98. The van der Waals surface area contributed by atoms with Crippen LogP contribution in [-0.4, -0.2) is 27.4 Å². The lowest BCUT2D eigenvalue weighted by Crippen LogP contribution is -2.31. The SMILES string of the molecule is CCCC[C@H]1S/C(=N\N=C/c2ccc(Cl)cc2)N(Cc2ccccc2)C1=O. The van der Waals surface area contributed by atoms with Gasteiger partial charge in [-0.25, -0.2) is 0 Å². The predicted molar refractivity (Wildman–Crippen MR) is 114 cm³/mol. The molecule has 2 aromatic rings. The molecule has 0 aromatic heterocycles. The summed E-state index contributed by atoms with van der Waals surface area (Å²) < 4.78 is 0. The molecule has 0 N–H and O–H groups in total. The van der Waals surface area contributed by atoms with Crippen molar-refractivity contribution in [3.63, 3.8) is 0 Å². The van der Waals surface area contributed by atoms with Gasteiger partial charge in [-0.15, -0.1) is 5.10 Å². The molecule has 1 saturated heterocycles. The van der Waals surface area contributed by atoms with Crippen LogP contribution in [0.15, 0.2) is 64.8 Å². The first-order valence-electron chi connectivity index (χ1n) is 9.06. The number of unbranched alkanes of at least 4 members (excludes halogenated alkanes) is 1. The van der Waals surface area contributed by atoms with E-state index < -0.39 is 0 Å². The Morgan fingerprint density at radius 3 is 2.59 bits per heavy atom. The van der Waals surface area contributed by atoms with Gasteiger partial charge in [0, 0.05) is 5.02 Å². The highest BCUT2D eigenvalue weighted by atomic mass is 35.5. The molecule has 0 spiro atoms. The highest BCUT2D eigenvalue weighted by Gasteiger charge is 2.37. The van der Waals surface area contributed by atoms with Crippen LogP contribution in [0.3, 0.4) is 0 Å². The summed E-state index contributed by atoms with van der Waals surface area (Å²) in [5, 5.41) is 9.82. The Labute approximate surface area is 169 Å². The minimum atomic E-state index is -0.0712. The molecular formula is C21H22ClN3OS. The van der Waals surface area contributed by atoms with Crippen LogP contribution in [0.25, 0.3) is 0 Å². The third kappa shape index (κ3) is 5.44. The zero-order valence-corrected chi connectivity index (χ0v) is 16.8. The summed E-state index contributed by atoms with van der Waals surface area (Å²) in [6, 6.07) is 17.4. The monoisotopic (exact) mass is 399 g/mol. The van der Waals surface area contributed by atoms with E-state index in [1.807, 2.05) is 54.6 Å². The van der Waals surface area contributed by atoms with Gasteiger partial charge in [0.25, 0.3) is 0 Å². The number of hydrogen-bond donors (Lipinski definition) is 0. The summed E-state index contributed by atoms with van der Waals surface area (Å²) in [6.45, 7) is 2.65. The zero-order valence-electron chi connectivity index (χ0n) is 15.2. The number of benzene rings is 2. The number of thioether (sulfide) groups is 1. The Morgan fingerprint density at radius 1 is 1.15 bits per heavy atom. The van der Waals surface area contributed by atoms with E-state index in [9.17, 15) is 4.79 Å². The van der Waals surface area contributed by atoms with E-state index in [1.165, 1.54) is 11.8 Å². The summed E-state index contributed by atoms with van der Waals surface area (Å²) in [5.74, 6) is 0.123. The van der Waals surface area contributed by atoms with E-state index in [0.29, 0.717) is 16.7 Å². The molecule has 0 saturated carbocycles. The molecule has 1 aliphatic heterocycles. The van der Waals surface area contributed by atoms with Gasteiger partial charge in [0.1, 0.15) is 0 Å². The van der Waals surface area contributed by atoms with Crippen LogP contribution in [0.1, 0.15) is 37.3 Å². The van der Waals surface area contributed by atoms with Crippen molar-refractivity contribution in [2.45, 2.75) is 38.0 Å². The van der Waals surface area contributed by atoms with Crippen molar-refractivity contribution in [3.8, 4) is 0 Å². The highest BCUT2D eigenvalue weighted by molar-refractivity contribution is 8.15. The van der Waals surface area contributed by atoms with Crippen LogP contribution in [-0.2, 0) is 11.3 Å². The van der Waals surface area contributed by atoms with Gasteiger partial charge >= 0.3 is 0 Å². The molecule has 140 valence electrons. The van der Waals surface area contributed by atoms with E-state index in [0.717, 1.165) is 30.4 Å². The summed E-state index contributed by atoms with van der Waals surface area (Å²) in [6.07, 6.45) is 4.65. The van der Waals surface area contributed by atoms with Crippen LogP contribution in [0.5, 0.6) is 0 Å². The summed E-state index contributed by atoms with van der Waals surface area (Å²) in [4.78, 5) is 14.6. The van der Waals surface area contributed by atoms with Gasteiger partial charge in [0.2, 0.25) is 5.91 Å². The number of hydrogen-bond acceptors (Lipinski definition) is 4. The normalized spacial score (nSPS) is 18.7. The van der Waals surface area contributed by atoms with Gasteiger partial charge in [0.15, 0.2) is 5.17 Å². The van der Waals surface area contributed by atoms with Gasteiger partial charge in [-0.1, -0.05) is 85.6 Å². The maximum absolute atomic E-state index is 12.9. The topological polar surface area (TPSA) is 45.0 Å². The molecule has 0 radical (unpaired) electrons. The van der Waals surface area contributed by atoms with Crippen LogP contribution < -0.4 is 0 Å². The third-order valence-corrected chi connectivity index (χ3v) is 5.73. The number of nitrogens with zero attached hydrogens (tertiary/aromatic N) is 3. The Kier molecular flexibility index (Phi) is 7.07. The molecule has 1 amide bonds. The highest BCUT2D eigenvalue weighted by Crippen LogP contribution is 2.32. The van der Waals surface area contributed by atoms with Gasteiger partial charge < -0.3 is 0 Å². The van der Waals surface area contributed by atoms with Crippen molar-refractivity contribution in [2.75, 3.05) is 0 Å². The second-order valence-electron chi connectivity index (χ2n) is 6.34. The molecule has 1 fully saturated rings. The fourth-order valence-corrected chi connectivity index (χ4v) is 4.03. The number of carbonyl (C=O) groups is 1. The number of halogens is 1. The maximum Gasteiger partial charge on any atom is 0.242 e. The van der Waals surface area contributed by atoms with Gasteiger partial charge in [-0.05, 0) is 29.7 Å². The minimum Gasteiger partial charge on any atom is -0.284 e. The third-order valence-electron chi connectivity index (χ3n) is 4.24. The smallest absolute Gasteiger partial charge is 0.242 e. The van der Waals surface area contributed by atoms with Crippen LogP contribution in [0, 0.1) is 0 Å². The van der Waals surface area contributed by atoms with E-state index >= 15 is 0 Å². The van der Waals surface area contributed by atoms with Crippen molar-refractivity contribution < 1.29 is 4.79 Å². The Balaban J connectivity index is 1.77. The lowest BCUT2D eigenvalue weighted by atomic mass is 10.1. The van der Waals surface area contributed by atoms with Crippen LogP contribution >= 0.6 is 23.4 Å². The molecule has 1 heterocycles. The molecule has 0 bridgehead atoms. The van der Waals surface area contributed by atoms with Crippen LogP contribution in [0.4, 0.5) is 0 Å². The molecule has 6 heteroatoms. The molecule has 3 rings (SSSR count). The van der Waals surface area contributed by atoms with Gasteiger partial charge in [-0.2, -0.15) is 5.10 Å². The second kappa shape index (κ2) is 9.72. The lowest BCUT2D eigenvalue weighted by molar-refractivity contribution is -0.126. The summed E-state index contributed by atoms with van der Waals surface area (Å²) >= 11 is 7.41. The molecular weight excluding hydrogens is 378 g/mol. The summed E-state index contributed by atoms with van der Waals surface area (Å²) in [5.41, 5.74) is 1.99. The first-order valence-corrected chi connectivity index (χ1v) is 10.3. The minimum absolute atomic E-state index is 0.0712. The Hall–Kier alpha value is -2.11. The number of amidine groups is 1. The first kappa shape index (κ1) is 19.6. The molecule has 2 aromatic carbocycles. The molecule has 4 nitrogen and oxygen atoms in total. The first-order chi connectivity index (χ1) is 13.2. The fraction of sp³-hybridized carbons (Fsp3) is 0.286. The zero-order chi connectivity index (χ0) is 19.1. The second-order valence-corrected chi connectivity index (χ2v) is 7.94. The Bertz CT molecular complexity index is 821. The van der Waals surface area contributed by atoms with E-state index in [2.05, 4.69) is 17.1 Å². The van der Waals surface area contributed by atoms with Crippen molar-refractivity contribution >= 4 is 40.7 Å². The number of carbonyl (C=O) groups excluding carboxylic acids is 1. The largest absolute Gasteiger partial charge is 0.284 e. The van der Waals surface area contributed by atoms with Crippen molar-refractivity contribution in [3.05, 3.63) is 70.7 Å². The van der Waals surface area contributed by atoms with Gasteiger partial charge in [0.05, 0.1) is 18.0 Å². The lowest BCUT2D eigenvalue weighted by Gasteiger charge is -2.15. The van der Waals surface area contributed by atoms with Crippen LogP contribution in [0.2, 0.25) is 5.02 Å². The molecule has 1 aliphatic rings. The van der Waals surface area contributed by atoms with E-state index in [-0.39, 0.29) is 11.2 Å². The molecule has 27 heavy (non-hydrogen) atoms. The van der Waals surface area contributed by atoms with Gasteiger partial charge in [-0.3, -0.25) is 9.69 Å². The van der Waals surface area contributed by atoms with Crippen molar-refractivity contribution in [1.29, 1.82) is 0 Å². The quantitative estimate of drug-likeness (QED) is 0.464. The van der Waals surface area contributed by atoms with Crippen molar-refractivity contribution in [1.82, 2.24) is 4.90 Å². The van der Waals surface area contributed by atoms with Crippen molar-refractivity contribution in [2.24, 2.45) is 10.2 Å². The van der Waals surface area contributed by atoms with E-state index in [1.54, 1.807) is 11.1 Å². The standard InChI is InChI=1S/C21H22ClN3OS/c1-2-3-9-19-20(26)25(15-17-7-5-4-6-8-17)21(27-19)24-23-14-16-10-12-18(22)13-11-16/h4-8,10-14,19H,2-3,9,15H2,1H3/b23-14-,24-21-/t19-/m1/s1. The molecule has 0 aliphatic carbocycles. The predicted octanol–water partition coefficient (Wildman–Crippen LogP) is 5.36. The average molecular weight is 400 g/mol. The Morgan fingerprint density at radius 2 is 1.89 bits per heavy atom.